The Balaban J connectivity index is 1.56. The summed E-state index contributed by atoms with van der Waals surface area (Å²) < 4.78 is 27.3. The predicted octanol–water partition coefficient (Wildman–Crippen LogP) is 2.11. The molecule has 27 heavy (non-hydrogen) atoms. The van der Waals surface area contributed by atoms with E-state index in [4.69, 9.17) is 23.7 Å². The van der Waals surface area contributed by atoms with Gasteiger partial charge in [0.05, 0.1) is 18.6 Å². The highest BCUT2D eigenvalue weighted by atomic mass is 16.7. The summed E-state index contributed by atoms with van der Waals surface area (Å²) >= 11 is 0. The molecule has 1 saturated heterocycles. The van der Waals surface area contributed by atoms with E-state index >= 15 is 0 Å². The SMILES string of the molecule is O=C1OCC2C(O)c3cc4c(cc3C(c3ccc5c(c3)OCO5)C12)OCO4. The van der Waals surface area contributed by atoms with Crippen LogP contribution in [-0.2, 0) is 9.53 Å². The fourth-order valence-corrected chi connectivity index (χ4v) is 4.64. The van der Waals surface area contributed by atoms with Crippen LogP contribution < -0.4 is 18.9 Å². The number of esters is 1. The van der Waals surface area contributed by atoms with Crippen molar-refractivity contribution in [1.29, 1.82) is 0 Å². The van der Waals surface area contributed by atoms with Crippen molar-refractivity contribution >= 4 is 5.97 Å². The van der Waals surface area contributed by atoms with Crippen LogP contribution in [0, 0.1) is 11.8 Å². The van der Waals surface area contributed by atoms with Gasteiger partial charge in [-0.05, 0) is 41.0 Å². The van der Waals surface area contributed by atoms with E-state index in [-0.39, 0.29) is 38.0 Å². The van der Waals surface area contributed by atoms with E-state index in [1.54, 1.807) is 0 Å². The number of carbonyl (C=O) groups is 1. The van der Waals surface area contributed by atoms with Crippen molar-refractivity contribution in [2.45, 2.75) is 12.0 Å². The number of ether oxygens (including phenoxy) is 5. The number of benzene rings is 2. The lowest BCUT2D eigenvalue weighted by Crippen LogP contribution is -2.34. The fraction of sp³-hybridized carbons (Fsp3) is 0.350. The first kappa shape index (κ1) is 15.2. The van der Waals surface area contributed by atoms with E-state index in [2.05, 4.69) is 0 Å². The fourth-order valence-electron chi connectivity index (χ4n) is 4.64. The first-order valence-electron chi connectivity index (χ1n) is 8.88. The second kappa shape index (κ2) is 5.29. The molecule has 0 bridgehead atoms. The number of rotatable bonds is 1. The molecule has 4 aliphatic rings. The Hall–Kier alpha value is -2.93. The molecule has 3 aliphatic heterocycles. The van der Waals surface area contributed by atoms with Crippen molar-refractivity contribution in [2.75, 3.05) is 20.2 Å². The van der Waals surface area contributed by atoms with E-state index in [1.165, 1.54) is 0 Å². The third-order valence-electron chi connectivity index (χ3n) is 5.90. The number of cyclic esters (lactones) is 1. The van der Waals surface area contributed by atoms with Crippen LogP contribution in [-0.4, -0.2) is 31.3 Å². The van der Waals surface area contributed by atoms with E-state index < -0.39 is 12.0 Å². The molecular formula is C20H16O7. The molecule has 0 spiro atoms. The Labute approximate surface area is 154 Å². The van der Waals surface area contributed by atoms with Crippen LogP contribution >= 0.6 is 0 Å². The number of hydrogen-bond donors (Lipinski definition) is 1. The minimum Gasteiger partial charge on any atom is -0.465 e. The molecule has 1 aliphatic carbocycles. The number of carbonyl (C=O) groups excluding carboxylic acids is 1. The van der Waals surface area contributed by atoms with Crippen molar-refractivity contribution in [2.24, 2.45) is 11.8 Å². The zero-order valence-electron chi connectivity index (χ0n) is 14.2. The molecule has 3 heterocycles. The molecule has 4 atom stereocenters. The van der Waals surface area contributed by atoms with Gasteiger partial charge in [-0.2, -0.15) is 0 Å². The van der Waals surface area contributed by atoms with Gasteiger partial charge in [-0.1, -0.05) is 6.07 Å². The number of fused-ring (bicyclic) bond motifs is 4. The summed E-state index contributed by atoms with van der Waals surface area (Å²) in [6.45, 7) is 0.545. The first-order chi connectivity index (χ1) is 13.2. The minimum atomic E-state index is -0.795. The molecule has 2 aromatic carbocycles. The summed E-state index contributed by atoms with van der Waals surface area (Å²) in [5, 5.41) is 10.9. The standard InChI is InChI=1S/C20H16O7/c21-19-11-5-16-15(26-8-27-16)4-10(11)17(18-12(19)6-23-20(18)22)9-1-2-13-14(3-9)25-7-24-13/h1-5,12,17-19,21H,6-8H2. The highest BCUT2D eigenvalue weighted by molar-refractivity contribution is 5.78. The molecule has 1 N–H and O–H groups in total. The van der Waals surface area contributed by atoms with Gasteiger partial charge in [0.2, 0.25) is 13.6 Å². The van der Waals surface area contributed by atoms with Gasteiger partial charge in [-0.15, -0.1) is 0 Å². The third-order valence-corrected chi connectivity index (χ3v) is 5.90. The van der Waals surface area contributed by atoms with Gasteiger partial charge in [-0.25, -0.2) is 0 Å². The lowest BCUT2D eigenvalue weighted by Gasteiger charge is -2.36. The smallest absolute Gasteiger partial charge is 0.310 e. The monoisotopic (exact) mass is 368 g/mol. The average Bonchev–Trinajstić information content (AvgIpc) is 3.40. The second-order valence-electron chi connectivity index (χ2n) is 7.19. The van der Waals surface area contributed by atoms with Gasteiger partial charge in [0, 0.05) is 11.8 Å². The summed E-state index contributed by atoms with van der Waals surface area (Å²) in [4.78, 5) is 12.6. The maximum atomic E-state index is 12.6. The second-order valence-corrected chi connectivity index (χ2v) is 7.19. The summed E-state index contributed by atoms with van der Waals surface area (Å²) in [5.41, 5.74) is 2.52. The summed E-state index contributed by atoms with van der Waals surface area (Å²) in [6, 6.07) is 9.39. The zero-order chi connectivity index (χ0) is 18.1. The van der Waals surface area contributed by atoms with Crippen LogP contribution in [0.1, 0.15) is 28.7 Å². The predicted molar refractivity (Wildman–Crippen MR) is 89.9 cm³/mol. The number of aliphatic hydroxyl groups is 1. The average molecular weight is 368 g/mol. The van der Waals surface area contributed by atoms with Crippen molar-refractivity contribution < 1.29 is 33.6 Å². The van der Waals surface area contributed by atoms with Crippen molar-refractivity contribution in [3.8, 4) is 23.0 Å². The van der Waals surface area contributed by atoms with E-state index in [9.17, 15) is 9.90 Å². The molecule has 138 valence electrons. The van der Waals surface area contributed by atoms with E-state index in [0.717, 1.165) is 16.7 Å². The van der Waals surface area contributed by atoms with Crippen LogP contribution in [0.4, 0.5) is 0 Å². The van der Waals surface area contributed by atoms with Crippen molar-refractivity contribution in [1.82, 2.24) is 0 Å². The van der Waals surface area contributed by atoms with Crippen LogP contribution in [0.3, 0.4) is 0 Å². The number of aliphatic hydroxyl groups excluding tert-OH is 1. The van der Waals surface area contributed by atoms with Crippen LogP contribution in [0.15, 0.2) is 30.3 Å². The lowest BCUT2D eigenvalue weighted by atomic mass is 9.66. The largest absolute Gasteiger partial charge is 0.465 e. The molecule has 2 aromatic rings. The molecule has 7 heteroatoms. The Morgan fingerprint density at radius 2 is 1.48 bits per heavy atom. The van der Waals surface area contributed by atoms with Gasteiger partial charge in [0.15, 0.2) is 23.0 Å². The Bertz CT molecular complexity index is 969. The summed E-state index contributed by atoms with van der Waals surface area (Å²) in [7, 11) is 0. The quantitative estimate of drug-likeness (QED) is 0.772. The molecule has 6 rings (SSSR count). The maximum Gasteiger partial charge on any atom is 0.310 e. The highest BCUT2D eigenvalue weighted by Gasteiger charge is 2.52. The minimum absolute atomic E-state index is 0.151. The van der Waals surface area contributed by atoms with Crippen molar-refractivity contribution in [3.05, 3.63) is 47.0 Å². The first-order valence-corrected chi connectivity index (χ1v) is 8.88. The normalized spacial score (nSPS) is 29.3. The molecule has 1 fully saturated rings. The maximum absolute atomic E-state index is 12.6. The molecule has 0 radical (unpaired) electrons. The molecule has 0 aromatic heterocycles. The molecule has 4 unspecified atom stereocenters. The lowest BCUT2D eigenvalue weighted by molar-refractivity contribution is -0.141. The van der Waals surface area contributed by atoms with Gasteiger partial charge >= 0.3 is 5.97 Å². The van der Waals surface area contributed by atoms with Crippen LogP contribution in [0.2, 0.25) is 0 Å². The molecule has 0 amide bonds. The van der Waals surface area contributed by atoms with Crippen LogP contribution in [0.5, 0.6) is 23.0 Å². The van der Waals surface area contributed by atoms with Gasteiger partial charge in [-0.3, -0.25) is 4.79 Å². The summed E-state index contributed by atoms with van der Waals surface area (Å²) in [5.74, 6) is 1.25. The topological polar surface area (TPSA) is 83.5 Å². The highest BCUT2D eigenvalue weighted by Crippen LogP contribution is 2.54. The molecule has 7 nitrogen and oxygen atoms in total. The van der Waals surface area contributed by atoms with Crippen LogP contribution in [0.25, 0.3) is 0 Å². The Kier molecular flexibility index (Phi) is 2.97. The van der Waals surface area contributed by atoms with Gasteiger partial charge in [0.25, 0.3) is 0 Å². The summed E-state index contributed by atoms with van der Waals surface area (Å²) in [6.07, 6.45) is -0.795. The molecule has 0 saturated carbocycles. The Morgan fingerprint density at radius 1 is 0.815 bits per heavy atom. The zero-order valence-corrected chi connectivity index (χ0v) is 14.2. The van der Waals surface area contributed by atoms with Gasteiger partial charge in [0.1, 0.15) is 0 Å². The van der Waals surface area contributed by atoms with Gasteiger partial charge < -0.3 is 28.8 Å². The van der Waals surface area contributed by atoms with E-state index in [0.29, 0.717) is 23.0 Å². The Morgan fingerprint density at radius 3 is 2.26 bits per heavy atom. The van der Waals surface area contributed by atoms with Crippen molar-refractivity contribution in [3.63, 3.8) is 0 Å². The van der Waals surface area contributed by atoms with E-state index in [1.807, 2.05) is 30.3 Å². The third kappa shape index (κ3) is 2.03. The number of hydrogen-bond acceptors (Lipinski definition) is 7. The molecular weight excluding hydrogens is 352 g/mol.